The summed E-state index contributed by atoms with van der Waals surface area (Å²) >= 11 is 1.47. The second-order valence-corrected chi connectivity index (χ2v) is 5.91. The molecule has 2 aromatic rings. The molecule has 0 spiro atoms. The number of carbonyl (C=O) groups is 1. The van der Waals surface area contributed by atoms with E-state index in [4.69, 9.17) is 4.74 Å². The van der Waals surface area contributed by atoms with E-state index in [-0.39, 0.29) is 5.91 Å². The molecule has 0 atom stereocenters. The van der Waals surface area contributed by atoms with E-state index < -0.39 is 0 Å². The van der Waals surface area contributed by atoms with Crippen LogP contribution in [0, 0.1) is 20.8 Å². The van der Waals surface area contributed by atoms with Crippen molar-refractivity contribution in [2.24, 2.45) is 0 Å². The second-order valence-electron chi connectivity index (χ2n) is 5.07. The van der Waals surface area contributed by atoms with Crippen LogP contribution in [-0.2, 0) is 4.79 Å². The second kappa shape index (κ2) is 6.72. The molecule has 5 heteroatoms. The van der Waals surface area contributed by atoms with Crippen LogP contribution < -0.4 is 9.64 Å². The lowest BCUT2D eigenvalue weighted by atomic mass is 10.1. The van der Waals surface area contributed by atoms with Crippen LogP contribution in [0.1, 0.15) is 23.2 Å². The quantitative estimate of drug-likeness (QED) is 0.849. The molecule has 0 unspecified atom stereocenters. The van der Waals surface area contributed by atoms with Crippen LogP contribution >= 0.6 is 11.3 Å². The standard InChI is InChI=1S/C16H20N2O2S/c1-11-5-6-14(9-12(11)2)20-8-7-15(19)18(4)16-17-13(3)10-21-16/h5-6,9-10H,7-8H2,1-4H3. The molecule has 0 saturated carbocycles. The molecule has 0 N–H and O–H groups in total. The molecule has 21 heavy (non-hydrogen) atoms. The third-order valence-corrected chi connectivity index (χ3v) is 4.37. The summed E-state index contributed by atoms with van der Waals surface area (Å²) in [7, 11) is 1.75. The molecule has 0 radical (unpaired) electrons. The predicted molar refractivity (Wildman–Crippen MR) is 86.3 cm³/mol. The van der Waals surface area contributed by atoms with E-state index in [2.05, 4.69) is 11.9 Å². The maximum absolute atomic E-state index is 12.1. The smallest absolute Gasteiger partial charge is 0.231 e. The van der Waals surface area contributed by atoms with Crippen LogP contribution in [0.3, 0.4) is 0 Å². The summed E-state index contributed by atoms with van der Waals surface area (Å²) in [6.07, 6.45) is 0.335. The van der Waals surface area contributed by atoms with E-state index >= 15 is 0 Å². The van der Waals surface area contributed by atoms with Crippen molar-refractivity contribution in [3.05, 3.63) is 40.4 Å². The SMILES string of the molecule is Cc1csc(N(C)C(=O)CCOc2ccc(C)c(C)c2)n1. The molecule has 112 valence electrons. The summed E-state index contributed by atoms with van der Waals surface area (Å²) in [6, 6.07) is 5.95. The largest absolute Gasteiger partial charge is 0.493 e. The van der Waals surface area contributed by atoms with Gasteiger partial charge in [-0.15, -0.1) is 11.3 Å². The molecule has 0 aliphatic carbocycles. The van der Waals surface area contributed by atoms with E-state index in [1.165, 1.54) is 22.5 Å². The Morgan fingerprint density at radius 2 is 2.05 bits per heavy atom. The first kappa shape index (κ1) is 15.5. The number of aromatic nitrogens is 1. The molecule has 1 amide bonds. The monoisotopic (exact) mass is 304 g/mol. The maximum atomic E-state index is 12.1. The highest BCUT2D eigenvalue weighted by atomic mass is 32.1. The number of amides is 1. The molecule has 0 saturated heterocycles. The summed E-state index contributed by atoms with van der Waals surface area (Å²) in [5, 5.41) is 2.66. The van der Waals surface area contributed by atoms with Crippen molar-refractivity contribution in [1.29, 1.82) is 0 Å². The van der Waals surface area contributed by atoms with Crippen molar-refractivity contribution < 1.29 is 9.53 Å². The van der Waals surface area contributed by atoms with Crippen LogP contribution in [0.2, 0.25) is 0 Å². The van der Waals surface area contributed by atoms with Crippen LogP contribution in [0.15, 0.2) is 23.6 Å². The zero-order valence-electron chi connectivity index (χ0n) is 12.8. The Labute approximate surface area is 129 Å². The molecule has 0 aliphatic heterocycles. The molecule has 1 heterocycles. The molecule has 0 aliphatic rings. The number of nitrogens with zero attached hydrogens (tertiary/aromatic N) is 2. The highest BCUT2D eigenvalue weighted by Crippen LogP contribution is 2.20. The zero-order valence-corrected chi connectivity index (χ0v) is 13.7. The van der Waals surface area contributed by atoms with Gasteiger partial charge in [-0.2, -0.15) is 0 Å². The normalized spacial score (nSPS) is 10.5. The van der Waals surface area contributed by atoms with Gasteiger partial charge in [-0.05, 0) is 44.0 Å². The number of ether oxygens (including phenoxy) is 1. The maximum Gasteiger partial charge on any atom is 0.231 e. The number of hydrogen-bond acceptors (Lipinski definition) is 4. The highest BCUT2D eigenvalue weighted by Gasteiger charge is 2.13. The Bertz CT molecular complexity index is 637. The van der Waals surface area contributed by atoms with Gasteiger partial charge < -0.3 is 4.74 Å². The first-order chi connectivity index (χ1) is 9.97. The number of benzene rings is 1. The summed E-state index contributed by atoms with van der Waals surface area (Å²) in [5.41, 5.74) is 3.35. The minimum absolute atomic E-state index is 0.00758. The topological polar surface area (TPSA) is 42.4 Å². The van der Waals surface area contributed by atoms with Gasteiger partial charge in [0.25, 0.3) is 0 Å². The Morgan fingerprint density at radius 1 is 1.29 bits per heavy atom. The fraction of sp³-hybridized carbons (Fsp3) is 0.375. The van der Waals surface area contributed by atoms with E-state index in [0.717, 1.165) is 16.6 Å². The predicted octanol–water partition coefficient (Wildman–Crippen LogP) is 3.50. The lowest BCUT2D eigenvalue weighted by Gasteiger charge is -2.14. The average Bonchev–Trinajstić information content (AvgIpc) is 2.88. The third kappa shape index (κ3) is 4.04. The Morgan fingerprint density at radius 3 is 2.67 bits per heavy atom. The lowest BCUT2D eigenvalue weighted by Crippen LogP contribution is -2.27. The lowest BCUT2D eigenvalue weighted by molar-refractivity contribution is -0.118. The molecule has 2 rings (SSSR count). The Balaban J connectivity index is 1.85. The highest BCUT2D eigenvalue weighted by molar-refractivity contribution is 7.14. The first-order valence-corrected chi connectivity index (χ1v) is 7.74. The number of rotatable bonds is 5. The molecular weight excluding hydrogens is 284 g/mol. The van der Waals surface area contributed by atoms with Crippen molar-refractivity contribution in [1.82, 2.24) is 4.98 Å². The summed E-state index contributed by atoms with van der Waals surface area (Å²) < 4.78 is 5.64. The average molecular weight is 304 g/mol. The Hall–Kier alpha value is -1.88. The zero-order chi connectivity index (χ0) is 15.4. The third-order valence-electron chi connectivity index (χ3n) is 3.33. The van der Waals surface area contributed by atoms with E-state index in [0.29, 0.717) is 13.0 Å². The fourth-order valence-electron chi connectivity index (χ4n) is 1.83. The first-order valence-electron chi connectivity index (χ1n) is 6.86. The van der Waals surface area contributed by atoms with Gasteiger partial charge in [-0.1, -0.05) is 6.07 Å². The van der Waals surface area contributed by atoms with Gasteiger partial charge in [0.15, 0.2) is 5.13 Å². The summed E-state index contributed by atoms with van der Waals surface area (Å²) in [5.74, 6) is 0.812. The molecule has 1 aromatic carbocycles. The molecular formula is C16H20N2O2S. The molecule has 4 nitrogen and oxygen atoms in total. The minimum Gasteiger partial charge on any atom is -0.493 e. The Kier molecular flexibility index (Phi) is 4.96. The summed E-state index contributed by atoms with van der Waals surface area (Å²) in [6.45, 7) is 6.40. The van der Waals surface area contributed by atoms with E-state index in [9.17, 15) is 4.79 Å². The molecule has 0 bridgehead atoms. The van der Waals surface area contributed by atoms with Crippen molar-refractivity contribution in [3.8, 4) is 5.75 Å². The van der Waals surface area contributed by atoms with Gasteiger partial charge in [0.2, 0.25) is 5.91 Å². The molecule has 1 aromatic heterocycles. The van der Waals surface area contributed by atoms with Crippen LogP contribution in [0.4, 0.5) is 5.13 Å². The van der Waals surface area contributed by atoms with Crippen LogP contribution in [0.5, 0.6) is 5.75 Å². The van der Waals surface area contributed by atoms with Crippen molar-refractivity contribution in [2.75, 3.05) is 18.6 Å². The van der Waals surface area contributed by atoms with Gasteiger partial charge in [-0.25, -0.2) is 4.98 Å². The van der Waals surface area contributed by atoms with Crippen LogP contribution in [-0.4, -0.2) is 24.5 Å². The number of aryl methyl sites for hydroxylation is 3. The molecule has 0 fully saturated rings. The number of hydrogen-bond donors (Lipinski definition) is 0. The van der Waals surface area contributed by atoms with Crippen molar-refractivity contribution >= 4 is 22.4 Å². The van der Waals surface area contributed by atoms with Crippen LogP contribution in [0.25, 0.3) is 0 Å². The van der Waals surface area contributed by atoms with Gasteiger partial charge in [-0.3, -0.25) is 9.69 Å². The summed E-state index contributed by atoms with van der Waals surface area (Å²) in [4.78, 5) is 18.0. The van der Waals surface area contributed by atoms with Gasteiger partial charge in [0, 0.05) is 12.4 Å². The van der Waals surface area contributed by atoms with Gasteiger partial charge in [0.05, 0.1) is 18.7 Å². The number of thiazole rings is 1. The number of carbonyl (C=O) groups excluding carboxylic acids is 1. The van der Waals surface area contributed by atoms with E-state index in [1.54, 1.807) is 11.9 Å². The van der Waals surface area contributed by atoms with Crippen molar-refractivity contribution in [2.45, 2.75) is 27.2 Å². The number of anilines is 1. The van der Waals surface area contributed by atoms with Gasteiger partial charge >= 0.3 is 0 Å². The van der Waals surface area contributed by atoms with Gasteiger partial charge in [0.1, 0.15) is 5.75 Å². The minimum atomic E-state index is 0.00758. The van der Waals surface area contributed by atoms with Crippen molar-refractivity contribution in [3.63, 3.8) is 0 Å². The van der Waals surface area contributed by atoms with E-state index in [1.807, 2.05) is 37.4 Å². The fourth-order valence-corrected chi connectivity index (χ4v) is 2.62.